The molecule has 2 aromatic rings. The number of halogens is 1. The molecule has 0 unspecified atom stereocenters. The fraction of sp³-hybridized carbons (Fsp3) is 0.333. The number of nitrogens with two attached hydrogens (primary N) is 1. The first-order valence-electron chi connectivity index (χ1n) is 4.93. The van der Waals surface area contributed by atoms with Crippen molar-refractivity contribution in [2.45, 2.75) is 19.9 Å². The van der Waals surface area contributed by atoms with E-state index in [2.05, 4.69) is 15.1 Å². The van der Waals surface area contributed by atoms with Crippen molar-refractivity contribution in [3.63, 3.8) is 0 Å². The Hall–Kier alpha value is -1.89. The van der Waals surface area contributed by atoms with Crippen LogP contribution in [0, 0.1) is 0 Å². The average molecular weight is 256 g/mol. The maximum Gasteiger partial charge on any atom is 0.278 e. The van der Waals surface area contributed by atoms with E-state index in [1.54, 1.807) is 0 Å². The summed E-state index contributed by atoms with van der Waals surface area (Å²) in [5.74, 6) is 0.912. The molecule has 0 aliphatic heterocycles. The van der Waals surface area contributed by atoms with Crippen LogP contribution in [0.25, 0.3) is 0 Å². The van der Waals surface area contributed by atoms with Gasteiger partial charge in [-0.1, -0.05) is 23.7 Å². The molecule has 2 heterocycles. The van der Waals surface area contributed by atoms with E-state index < -0.39 is 5.56 Å². The van der Waals surface area contributed by atoms with E-state index in [1.807, 2.05) is 6.92 Å². The van der Waals surface area contributed by atoms with Crippen LogP contribution < -0.4 is 11.3 Å². The second kappa shape index (κ2) is 4.54. The van der Waals surface area contributed by atoms with Gasteiger partial charge in [0.25, 0.3) is 5.56 Å². The zero-order valence-electron chi connectivity index (χ0n) is 9.05. The molecule has 0 saturated carbocycles. The van der Waals surface area contributed by atoms with Gasteiger partial charge in [-0.2, -0.15) is 4.98 Å². The van der Waals surface area contributed by atoms with Crippen molar-refractivity contribution in [2.24, 2.45) is 0 Å². The van der Waals surface area contributed by atoms with Gasteiger partial charge in [0.15, 0.2) is 11.0 Å². The molecule has 90 valence electrons. The van der Waals surface area contributed by atoms with Crippen LogP contribution in [0.3, 0.4) is 0 Å². The summed E-state index contributed by atoms with van der Waals surface area (Å²) >= 11 is 5.61. The second-order valence-corrected chi connectivity index (χ2v) is 3.70. The number of aryl methyl sites for hydroxylation is 1. The third-order valence-corrected chi connectivity index (χ3v) is 2.46. The van der Waals surface area contributed by atoms with Crippen LogP contribution in [0.15, 0.2) is 15.6 Å². The molecule has 0 aromatic carbocycles. The third-order valence-electron chi connectivity index (χ3n) is 2.16. The van der Waals surface area contributed by atoms with Gasteiger partial charge >= 0.3 is 0 Å². The van der Waals surface area contributed by atoms with Gasteiger partial charge < -0.3 is 10.3 Å². The SMILES string of the molecule is CCc1noc(Cn2cnc(Cl)c(N)c2=O)n1. The van der Waals surface area contributed by atoms with Crippen molar-refractivity contribution in [3.05, 3.63) is 33.5 Å². The molecule has 7 nitrogen and oxygen atoms in total. The van der Waals surface area contributed by atoms with Crippen LogP contribution in [0.1, 0.15) is 18.6 Å². The Morgan fingerprint density at radius 1 is 1.59 bits per heavy atom. The summed E-state index contributed by atoms with van der Waals surface area (Å²) in [4.78, 5) is 19.5. The molecule has 0 aliphatic carbocycles. The summed E-state index contributed by atoms with van der Waals surface area (Å²) in [5.41, 5.74) is 4.95. The molecule has 2 N–H and O–H groups in total. The average Bonchev–Trinajstić information content (AvgIpc) is 2.78. The summed E-state index contributed by atoms with van der Waals surface area (Å²) in [6.45, 7) is 2.03. The van der Waals surface area contributed by atoms with Crippen LogP contribution in [0.2, 0.25) is 5.15 Å². The Bertz CT molecular complexity index is 591. The Labute approximate surface area is 101 Å². The smallest absolute Gasteiger partial charge is 0.278 e. The van der Waals surface area contributed by atoms with Crippen LogP contribution in [-0.2, 0) is 13.0 Å². The number of hydrogen-bond donors (Lipinski definition) is 1. The summed E-state index contributed by atoms with van der Waals surface area (Å²) in [7, 11) is 0. The molecule has 8 heteroatoms. The van der Waals surface area contributed by atoms with Crippen molar-refractivity contribution < 1.29 is 4.52 Å². The molecule has 0 fully saturated rings. The molecule has 0 amide bonds. The first-order chi connectivity index (χ1) is 8.11. The first-order valence-corrected chi connectivity index (χ1v) is 5.31. The van der Waals surface area contributed by atoms with Crippen molar-refractivity contribution in [1.29, 1.82) is 0 Å². The number of aromatic nitrogens is 4. The van der Waals surface area contributed by atoms with E-state index in [-0.39, 0.29) is 17.4 Å². The fourth-order valence-electron chi connectivity index (χ4n) is 1.24. The van der Waals surface area contributed by atoms with Gasteiger partial charge in [0.2, 0.25) is 5.89 Å². The maximum absolute atomic E-state index is 11.7. The van der Waals surface area contributed by atoms with E-state index in [0.29, 0.717) is 18.1 Å². The normalized spacial score (nSPS) is 10.7. The summed E-state index contributed by atoms with van der Waals surface area (Å²) < 4.78 is 6.22. The zero-order valence-corrected chi connectivity index (χ0v) is 9.81. The Kier molecular flexibility index (Phi) is 3.10. The van der Waals surface area contributed by atoms with Gasteiger partial charge in [0.05, 0.1) is 6.33 Å². The molecule has 0 bridgehead atoms. The van der Waals surface area contributed by atoms with Gasteiger partial charge in [-0.05, 0) is 0 Å². The highest BCUT2D eigenvalue weighted by Gasteiger charge is 2.10. The second-order valence-electron chi connectivity index (χ2n) is 3.34. The lowest BCUT2D eigenvalue weighted by Gasteiger charge is -2.02. The molecule has 0 aliphatic rings. The lowest BCUT2D eigenvalue weighted by atomic mass is 10.4. The highest BCUT2D eigenvalue weighted by molar-refractivity contribution is 6.31. The molecule has 17 heavy (non-hydrogen) atoms. The monoisotopic (exact) mass is 255 g/mol. The Morgan fingerprint density at radius 2 is 2.35 bits per heavy atom. The van der Waals surface area contributed by atoms with Crippen LogP contribution >= 0.6 is 11.6 Å². The predicted molar refractivity (Wildman–Crippen MR) is 60.7 cm³/mol. The molecule has 2 aromatic heterocycles. The van der Waals surface area contributed by atoms with E-state index >= 15 is 0 Å². The van der Waals surface area contributed by atoms with Gasteiger partial charge in [0.1, 0.15) is 12.2 Å². The van der Waals surface area contributed by atoms with E-state index in [0.717, 1.165) is 0 Å². The topological polar surface area (TPSA) is 99.8 Å². The van der Waals surface area contributed by atoms with Crippen LogP contribution in [-0.4, -0.2) is 19.7 Å². The van der Waals surface area contributed by atoms with E-state index in [9.17, 15) is 4.79 Å². The molecule has 0 radical (unpaired) electrons. The van der Waals surface area contributed by atoms with Crippen LogP contribution in [0.5, 0.6) is 0 Å². The highest BCUT2D eigenvalue weighted by Crippen LogP contribution is 2.08. The lowest BCUT2D eigenvalue weighted by Crippen LogP contribution is -2.24. The highest BCUT2D eigenvalue weighted by atomic mass is 35.5. The minimum Gasteiger partial charge on any atom is -0.392 e. The number of nitrogens with zero attached hydrogens (tertiary/aromatic N) is 4. The van der Waals surface area contributed by atoms with Crippen molar-refractivity contribution >= 4 is 17.3 Å². The molecule has 0 spiro atoms. The van der Waals surface area contributed by atoms with Crippen molar-refractivity contribution in [2.75, 3.05) is 5.73 Å². The molecule has 2 rings (SSSR count). The van der Waals surface area contributed by atoms with Crippen molar-refractivity contribution in [3.8, 4) is 0 Å². The summed E-state index contributed by atoms with van der Waals surface area (Å²) in [5, 5.41) is 3.71. The third kappa shape index (κ3) is 2.28. The zero-order chi connectivity index (χ0) is 12.4. The van der Waals surface area contributed by atoms with Gasteiger partial charge in [0, 0.05) is 6.42 Å². The Balaban J connectivity index is 2.30. The standard InChI is InChI=1S/C9H10ClN5O2/c1-2-5-13-6(17-14-5)3-15-4-12-8(10)7(11)9(15)16/h4H,2-3,11H2,1H3. The molecular formula is C9H10ClN5O2. The number of rotatable bonds is 3. The largest absolute Gasteiger partial charge is 0.392 e. The first kappa shape index (κ1) is 11.6. The fourth-order valence-corrected chi connectivity index (χ4v) is 1.37. The van der Waals surface area contributed by atoms with Gasteiger partial charge in [-0.25, -0.2) is 4.98 Å². The number of hydrogen-bond acceptors (Lipinski definition) is 6. The van der Waals surface area contributed by atoms with Gasteiger partial charge in [-0.3, -0.25) is 9.36 Å². The Morgan fingerprint density at radius 3 is 3.00 bits per heavy atom. The maximum atomic E-state index is 11.7. The lowest BCUT2D eigenvalue weighted by molar-refractivity contribution is 0.364. The van der Waals surface area contributed by atoms with E-state index in [4.69, 9.17) is 21.9 Å². The minimum absolute atomic E-state index is 0.00831. The van der Waals surface area contributed by atoms with Crippen LogP contribution in [0.4, 0.5) is 5.69 Å². The van der Waals surface area contributed by atoms with Gasteiger partial charge in [-0.15, -0.1) is 0 Å². The molecule has 0 saturated heterocycles. The molecular weight excluding hydrogens is 246 g/mol. The summed E-state index contributed by atoms with van der Waals surface area (Å²) in [6.07, 6.45) is 1.95. The van der Waals surface area contributed by atoms with E-state index in [1.165, 1.54) is 10.9 Å². The van der Waals surface area contributed by atoms with Crippen molar-refractivity contribution in [1.82, 2.24) is 19.7 Å². The number of anilines is 1. The predicted octanol–water partition coefficient (Wildman–Crippen LogP) is 0.473. The summed E-state index contributed by atoms with van der Waals surface area (Å²) in [6, 6.07) is 0. The minimum atomic E-state index is -0.429. The quantitative estimate of drug-likeness (QED) is 0.801. The molecule has 0 atom stereocenters. The number of nitrogen functional groups attached to an aromatic ring is 1.